The molecule has 1 aliphatic heterocycles. The van der Waals surface area contributed by atoms with Crippen molar-refractivity contribution in [2.45, 2.75) is 38.9 Å². The predicted octanol–water partition coefficient (Wildman–Crippen LogP) is 0.534. The molecule has 0 radical (unpaired) electrons. The summed E-state index contributed by atoms with van der Waals surface area (Å²) in [6, 6.07) is 0.153. The van der Waals surface area contributed by atoms with Crippen molar-refractivity contribution in [1.82, 2.24) is 19.7 Å². The van der Waals surface area contributed by atoms with Gasteiger partial charge in [0.15, 0.2) is 0 Å². The zero-order valence-electron chi connectivity index (χ0n) is 11.3. The monoisotopic (exact) mass is 268 g/mol. The molecule has 1 N–H and O–H groups in total. The number of carbonyl (C=O) groups is 1. The molecule has 1 aromatic heterocycles. The van der Waals surface area contributed by atoms with Crippen LogP contribution in [0.3, 0.4) is 0 Å². The van der Waals surface area contributed by atoms with Crippen molar-refractivity contribution in [3.8, 4) is 0 Å². The van der Waals surface area contributed by atoms with E-state index in [1.807, 2.05) is 18.5 Å². The normalized spacial score (nSPS) is 20.9. The first kappa shape index (κ1) is 14.0. The minimum atomic E-state index is -0.800. The first-order valence-electron chi connectivity index (χ1n) is 6.50. The second-order valence-electron chi connectivity index (χ2n) is 5.01. The van der Waals surface area contributed by atoms with Gasteiger partial charge in [0, 0.05) is 18.6 Å². The number of rotatable bonds is 5. The molecule has 7 heteroatoms. The summed E-state index contributed by atoms with van der Waals surface area (Å²) in [4.78, 5) is 17.3. The highest BCUT2D eigenvalue weighted by atomic mass is 16.5. The highest BCUT2D eigenvalue weighted by Gasteiger charge is 2.26. The number of aromatic nitrogens is 3. The molecule has 1 aliphatic rings. The summed E-state index contributed by atoms with van der Waals surface area (Å²) in [6.45, 7) is 6.52. The van der Waals surface area contributed by atoms with E-state index in [1.54, 1.807) is 6.33 Å². The van der Waals surface area contributed by atoms with Crippen LogP contribution in [0.4, 0.5) is 0 Å². The maximum Gasteiger partial charge on any atom is 0.305 e. The van der Waals surface area contributed by atoms with Crippen LogP contribution in [-0.2, 0) is 16.1 Å². The van der Waals surface area contributed by atoms with E-state index in [0.717, 1.165) is 12.4 Å². The lowest BCUT2D eigenvalue weighted by Crippen LogP contribution is -2.46. The second-order valence-corrected chi connectivity index (χ2v) is 5.01. The average molecular weight is 268 g/mol. The van der Waals surface area contributed by atoms with Crippen LogP contribution in [0.1, 0.15) is 32.1 Å². The van der Waals surface area contributed by atoms with E-state index >= 15 is 0 Å². The number of hydrogen-bond acceptors (Lipinski definition) is 5. The first-order chi connectivity index (χ1) is 9.08. The van der Waals surface area contributed by atoms with Gasteiger partial charge < -0.3 is 9.84 Å². The summed E-state index contributed by atoms with van der Waals surface area (Å²) in [5.74, 6) is 0.0677. The molecule has 0 bridgehead atoms. The zero-order valence-corrected chi connectivity index (χ0v) is 11.3. The number of ether oxygens (including phenoxy) is 1. The van der Waals surface area contributed by atoms with E-state index in [4.69, 9.17) is 9.84 Å². The Morgan fingerprint density at radius 3 is 3.11 bits per heavy atom. The van der Waals surface area contributed by atoms with Gasteiger partial charge in [0.2, 0.25) is 0 Å². The first-order valence-corrected chi connectivity index (χ1v) is 6.50. The van der Waals surface area contributed by atoms with Gasteiger partial charge in [-0.2, -0.15) is 5.10 Å². The standard InChI is InChI=1S/C12H20N4O3/c1-9(2)16-11(13-8-14-16)6-15-3-4-19-7-10(15)5-12(17)18/h8-10H,3-7H2,1-2H3,(H,17,18). The van der Waals surface area contributed by atoms with Crippen LogP contribution >= 0.6 is 0 Å². The summed E-state index contributed by atoms with van der Waals surface area (Å²) in [5, 5.41) is 13.1. The Morgan fingerprint density at radius 1 is 1.63 bits per heavy atom. The van der Waals surface area contributed by atoms with E-state index in [9.17, 15) is 4.79 Å². The fraction of sp³-hybridized carbons (Fsp3) is 0.750. The lowest BCUT2D eigenvalue weighted by Gasteiger charge is -2.34. The SMILES string of the molecule is CC(C)n1ncnc1CN1CCOCC1CC(=O)O. The topological polar surface area (TPSA) is 80.5 Å². The van der Waals surface area contributed by atoms with Crippen molar-refractivity contribution in [1.29, 1.82) is 0 Å². The molecule has 1 fully saturated rings. The number of nitrogens with zero attached hydrogens (tertiary/aromatic N) is 4. The summed E-state index contributed by atoms with van der Waals surface area (Å²) in [7, 11) is 0. The summed E-state index contributed by atoms with van der Waals surface area (Å²) in [5.41, 5.74) is 0. The third kappa shape index (κ3) is 3.51. The molecule has 1 atom stereocenters. The van der Waals surface area contributed by atoms with Gasteiger partial charge in [0.1, 0.15) is 12.2 Å². The third-order valence-corrected chi connectivity index (χ3v) is 3.24. The van der Waals surface area contributed by atoms with E-state index < -0.39 is 5.97 Å². The number of morpholine rings is 1. The van der Waals surface area contributed by atoms with Gasteiger partial charge in [0.25, 0.3) is 0 Å². The summed E-state index contributed by atoms with van der Waals surface area (Å²) < 4.78 is 7.23. The molecule has 7 nitrogen and oxygen atoms in total. The van der Waals surface area contributed by atoms with Crippen LogP contribution in [0.5, 0.6) is 0 Å². The molecule has 2 heterocycles. The summed E-state index contributed by atoms with van der Waals surface area (Å²) in [6.07, 6.45) is 1.64. The smallest absolute Gasteiger partial charge is 0.305 e. The fourth-order valence-corrected chi connectivity index (χ4v) is 2.29. The minimum Gasteiger partial charge on any atom is -0.481 e. The van der Waals surface area contributed by atoms with E-state index in [-0.39, 0.29) is 18.5 Å². The Kier molecular flexibility index (Phi) is 4.49. The molecule has 2 rings (SSSR count). The van der Waals surface area contributed by atoms with Crippen LogP contribution in [0, 0.1) is 0 Å². The van der Waals surface area contributed by atoms with Gasteiger partial charge in [0.05, 0.1) is 26.2 Å². The van der Waals surface area contributed by atoms with Gasteiger partial charge in [-0.1, -0.05) is 0 Å². The zero-order chi connectivity index (χ0) is 13.8. The van der Waals surface area contributed by atoms with E-state index in [1.165, 1.54) is 0 Å². The molecule has 0 aliphatic carbocycles. The highest BCUT2D eigenvalue weighted by molar-refractivity contribution is 5.67. The van der Waals surface area contributed by atoms with Crippen LogP contribution < -0.4 is 0 Å². The van der Waals surface area contributed by atoms with Crippen LogP contribution in [0.15, 0.2) is 6.33 Å². The Morgan fingerprint density at radius 2 is 2.42 bits per heavy atom. The Balaban J connectivity index is 2.06. The lowest BCUT2D eigenvalue weighted by molar-refractivity contribution is -0.140. The van der Waals surface area contributed by atoms with Crippen LogP contribution in [-0.4, -0.2) is 56.5 Å². The van der Waals surface area contributed by atoms with Crippen molar-refractivity contribution in [3.63, 3.8) is 0 Å². The van der Waals surface area contributed by atoms with E-state index in [0.29, 0.717) is 19.8 Å². The molecule has 0 saturated carbocycles. The molecular formula is C12H20N4O3. The summed E-state index contributed by atoms with van der Waals surface area (Å²) >= 11 is 0. The molecule has 1 saturated heterocycles. The van der Waals surface area contributed by atoms with Gasteiger partial charge in [-0.3, -0.25) is 9.69 Å². The van der Waals surface area contributed by atoms with E-state index in [2.05, 4.69) is 15.0 Å². The quantitative estimate of drug-likeness (QED) is 0.839. The number of carboxylic acids is 1. The van der Waals surface area contributed by atoms with Crippen molar-refractivity contribution in [2.24, 2.45) is 0 Å². The molecule has 1 aromatic rings. The van der Waals surface area contributed by atoms with Crippen molar-refractivity contribution in [2.75, 3.05) is 19.8 Å². The third-order valence-electron chi connectivity index (χ3n) is 3.24. The number of carboxylic acid groups (broad SMARTS) is 1. The van der Waals surface area contributed by atoms with Crippen molar-refractivity contribution < 1.29 is 14.6 Å². The molecule has 0 amide bonds. The van der Waals surface area contributed by atoms with Gasteiger partial charge in [-0.15, -0.1) is 0 Å². The maximum absolute atomic E-state index is 10.9. The maximum atomic E-state index is 10.9. The van der Waals surface area contributed by atoms with Crippen LogP contribution in [0.2, 0.25) is 0 Å². The van der Waals surface area contributed by atoms with Gasteiger partial charge in [-0.25, -0.2) is 9.67 Å². The fourth-order valence-electron chi connectivity index (χ4n) is 2.29. The van der Waals surface area contributed by atoms with Crippen LogP contribution in [0.25, 0.3) is 0 Å². The van der Waals surface area contributed by atoms with Gasteiger partial charge in [-0.05, 0) is 13.8 Å². The molecule has 0 spiro atoms. The van der Waals surface area contributed by atoms with Gasteiger partial charge >= 0.3 is 5.97 Å². The second kappa shape index (κ2) is 6.12. The Bertz CT molecular complexity index is 432. The molecule has 0 aromatic carbocycles. The molecular weight excluding hydrogens is 248 g/mol. The molecule has 1 unspecified atom stereocenters. The number of hydrogen-bond donors (Lipinski definition) is 1. The predicted molar refractivity (Wildman–Crippen MR) is 67.7 cm³/mol. The largest absolute Gasteiger partial charge is 0.481 e. The average Bonchev–Trinajstić information content (AvgIpc) is 2.79. The Labute approximate surface area is 112 Å². The number of aliphatic carboxylic acids is 1. The Hall–Kier alpha value is -1.47. The molecule has 106 valence electrons. The van der Waals surface area contributed by atoms with Crippen molar-refractivity contribution >= 4 is 5.97 Å². The minimum absolute atomic E-state index is 0.0931. The van der Waals surface area contributed by atoms with Crippen molar-refractivity contribution in [3.05, 3.63) is 12.2 Å². The lowest BCUT2D eigenvalue weighted by atomic mass is 10.1. The molecule has 19 heavy (non-hydrogen) atoms. The highest BCUT2D eigenvalue weighted by Crippen LogP contribution is 2.15.